The summed E-state index contributed by atoms with van der Waals surface area (Å²) in [4.78, 5) is 4.21. The van der Waals surface area contributed by atoms with Gasteiger partial charge in [-0.25, -0.2) is 0 Å². The van der Waals surface area contributed by atoms with Crippen molar-refractivity contribution in [2.24, 2.45) is 11.7 Å². The maximum Gasteiger partial charge on any atom is 0.0336 e. The lowest BCUT2D eigenvalue weighted by molar-refractivity contribution is 0.0542. The molecule has 0 amide bonds. The summed E-state index contributed by atoms with van der Waals surface area (Å²) in [5, 5.41) is 2.19. The van der Waals surface area contributed by atoms with Crippen molar-refractivity contribution in [2.75, 3.05) is 6.54 Å². The summed E-state index contributed by atoms with van der Waals surface area (Å²) >= 11 is 1.88. The number of hydrogen-bond acceptors (Lipinski definition) is 3. The van der Waals surface area contributed by atoms with Crippen LogP contribution in [0.4, 0.5) is 0 Å². The molecule has 106 valence electrons. The van der Waals surface area contributed by atoms with E-state index in [4.69, 9.17) is 5.73 Å². The minimum Gasteiger partial charge on any atom is -0.329 e. The second kappa shape index (κ2) is 5.55. The van der Waals surface area contributed by atoms with Crippen LogP contribution in [-0.4, -0.2) is 23.0 Å². The molecular formula is C16H26N2S. The molecule has 3 rings (SSSR count). The highest BCUT2D eigenvalue weighted by Gasteiger charge is 2.42. The van der Waals surface area contributed by atoms with Gasteiger partial charge in [0.2, 0.25) is 0 Å². The number of nitrogens with two attached hydrogens (primary N) is 1. The zero-order valence-corrected chi connectivity index (χ0v) is 12.8. The van der Waals surface area contributed by atoms with Gasteiger partial charge in [0.15, 0.2) is 0 Å². The van der Waals surface area contributed by atoms with Crippen molar-refractivity contribution >= 4 is 11.3 Å². The number of hydrogen-bond donors (Lipinski definition) is 1. The van der Waals surface area contributed by atoms with Gasteiger partial charge in [-0.2, -0.15) is 0 Å². The van der Waals surface area contributed by atoms with Gasteiger partial charge in [-0.1, -0.05) is 25.3 Å². The molecule has 2 N–H and O–H groups in total. The Balaban J connectivity index is 1.72. The van der Waals surface area contributed by atoms with Gasteiger partial charge in [0, 0.05) is 29.5 Å². The summed E-state index contributed by atoms with van der Waals surface area (Å²) in [5.74, 6) is 0.929. The Morgan fingerprint density at radius 1 is 1.37 bits per heavy atom. The van der Waals surface area contributed by atoms with Crippen LogP contribution in [0.15, 0.2) is 17.5 Å². The van der Waals surface area contributed by atoms with Crippen molar-refractivity contribution in [1.29, 1.82) is 0 Å². The molecule has 1 aromatic heterocycles. The van der Waals surface area contributed by atoms with Gasteiger partial charge in [0.25, 0.3) is 0 Å². The minimum atomic E-state index is 0.205. The standard InChI is InChI=1S/C16H26N2S/c1-16(12-17,10-13-4-2-5-13)18(14-7-8-14)11-15-6-3-9-19-15/h3,6,9,13-14H,2,4-5,7-8,10-12,17H2,1H3. The van der Waals surface area contributed by atoms with Crippen molar-refractivity contribution in [1.82, 2.24) is 4.90 Å². The van der Waals surface area contributed by atoms with Crippen LogP contribution < -0.4 is 5.73 Å². The van der Waals surface area contributed by atoms with Gasteiger partial charge in [-0.15, -0.1) is 11.3 Å². The van der Waals surface area contributed by atoms with Crippen LogP contribution in [0.2, 0.25) is 0 Å². The van der Waals surface area contributed by atoms with Gasteiger partial charge in [0.05, 0.1) is 0 Å². The summed E-state index contributed by atoms with van der Waals surface area (Å²) < 4.78 is 0. The zero-order chi connectivity index (χ0) is 13.3. The fourth-order valence-corrected chi connectivity index (χ4v) is 4.06. The highest BCUT2D eigenvalue weighted by molar-refractivity contribution is 7.09. The SMILES string of the molecule is CC(CN)(CC1CCC1)N(Cc1cccs1)C1CC1. The normalized spacial score (nSPS) is 23.3. The third kappa shape index (κ3) is 3.04. The number of rotatable bonds is 7. The molecule has 0 radical (unpaired) electrons. The van der Waals surface area contributed by atoms with E-state index in [1.165, 1.54) is 43.4 Å². The van der Waals surface area contributed by atoms with Gasteiger partial charge in [-0.05, 0) is 43.6 Å². The Kier molecular flexibility index (Phi) is 3.97. The Bertz CT molecular complexity index is 395. The molecule has 1 atom stereocenters. The first-order valence-corrected chi connectivity index (χ1v) is 8.58. The zero-order valence-electron chi connectivity index (χ0n) is 12.0. The molecule has 1 unspecified atom stereocenters. The lowest BCUT2D eigenvalue weighted by atomic mass is 9.75. The van der Waals surface area contributed by atoms with Gasteiger partial charge >= 0.3 is 0 Å². The quantitative estimate of drug-likeness (QED) is 0.825. The Labute approximate surface area is 121 Å². The first kappa shape index (κ1) is 13.6. The maximum absolute atomic E-state index is 6.19. The molecule has 19 heavy (non-hydrogen) atoms. The van der Waals surface area contributed by atoms with Crippen LogP contribution in [0, 0.1) is 5.92 Å². The molecule has 2 aliphatic carbocycles. The summed E-state index contributed by atoms with van der Waals surface area (Å²) in [6.45, 7) is 4.30. The van der Waals surface area contributed by atoms with Gasteiger partial charge in [-0.3, -0.25) is 4.90 Å². The van der Waals surface area contributed by atoms with Crippen molar-refractivity contribution in [3.8, 4) is 0 Å². The van der Waals surface area contributed by atoms with Crippen LogP contribution in [0.5, 0.6) is 0 Å². The van der Waals surface area contributed by atoms with Gasteiger partial charge < -0.3 is 5.73 Å². The molecule has 0 saturated heterocycles. The molecule has 2 aliphatic rings. The van der Waals surface area contributed by atoms with E-state index in [1.54, 1.807) is 0 Å². The molecule has 0 spiro atoms. The fraction of sp³-hybridized carbons (Fsp3) is 0.750. The average molecular weight is 278 g/mol. The molecule has 3 heteroatoms. The van der Waals surface area contributed by atoms with E-state index in [2.05, 4.69) is 29.3 Å². The van der Waals surface area contributed by atoms with Crippen LogP contribution in [0.25, 0.3) is 0 Å². The smallest absolute Gasteiger partial charge is 0.0336 e. The predicted molar refractivity (Wildman–Crippen MR) is 82.3 cm³/mol. The van der Waals surface area contributed by atoms with E-state index >= 15 is 0 Å². The topological polar surface area (TPSA) is 29.3 Å². The molecular weight excluding hydrogens is 252 g/mol. The first-order valence-electron chi connectivity index (χ1n) is 7.70. The molecule has 0 aromatic carbocycles. The Morgan fingerprint density at radius 3 is 2.63 bits per heavy atom. The van der Waals surface area contributed by atoms with Crippen molar-refractivity contribution in [3.05, 3.63) is 22.4 Å². The van der Waals surface area contributed by atoms with Crippen molar-refractivity contribution < 1.29 is 0 Å². The lowest BCUT2D eigenvalue weighted by Gasteiger charge is -2.45. The molecule has 0 aliphatic heterocycles. The summed E-state index contributed by atoms with van der Waals surface area (Å²) in [6.07, 6.45) is 8.31. The van der Waals surface area contributed by atoms with E-state index in [-0.39, 0.29) is 5.54 Å². The highest BCUT2D eigenvalue weighted by atomic mass is 32.1. The third-order valence-corrected chi connectivity index (χ3v) is 5.84. The lowest BCUT2D eigenvalue weighted by Crippen LogP contribution is -2.53. The molecule has 2 fully saturated rings. The number of nitrogens with zero attached hydrogens (tertiary/aromatic N) is 1. The van der Waals surface area contributed by atoms with Crippen LogP contribution in [-0.2, 0) is 6.54 Å². The highest BCUT2D eigenvalue weighted by Crippen LogP contribution is 2.41. The minimum absolute atomic E-state index is 0.205. The molecule has 0 bridgehead atoms. The van der Waals surface area contributed by atoms with Gasteiger partial charge in [0.1, 0.15) is 0 Å². The number of thiophene rings is 1. The monoisotopic (exact) mass is 278 g/mol. The van der Waals surface area contributed by atoms with Crippen molar-refractivity contribution in [2.45, 2.75) is 63.6 Å². The predicted octanol–water partition coefficient (Wildman–Crippen LogP) is 3.62. The summed E-state index contributed by atoms with van der Waals surface area (Å²) in [6, 6.07) is 5.22. The van der Waals surface area contributed by atoms with Crippen LogP contribution >= 0.6 is 11.3 Å². The van der Waals surface area contributed by atoms with Crippen molar-refractivity contribution in [3.63, 3.8) is 0 Å². The second-order valence-corrected chi connectivity index (χ2v) is 7.67. The molecule has 2 saturated carbocycles. The molecule has 1 heterocycles. The first-order chi connectivity index (χ1) is 9.21. The van der Waals surface area contributed by atoms with Crippen LogP contribution in [0.3, 0.4) is 0 Å². The summed E-state index contributed by atoms with van der Waals surface area (Å²) in [5.41, 5.74) is 6.40. The Morgan fingerprint density at radius 2 is 2.16 bits per heavy atom. The van der Waals surface area contributed by atoms with E-state index in [0.717, 1.165) is 25.0 Å². The second-order valence-electron chi connectivity index (χ2n) is 6.64. The average Bonchev–Trinajstić information content (AvgIpc) is 3.07. The van der Waals surface area contributed by atoms with E-state index in [1.807, 2.05) is 11.3 Å². The molecule has 1 aromatic rings. The molecule has 2 nitrogen and oxygen atoms in total. The van der Waals surface area contributed by atoms with Crippen LogP contribution in [0.1, 0.15) is 50.3 Å². The summed E-state index contributed by atoms with van der Waals surface area (Å²) in [7, 11) is 0. The van der Waals surface area contributed by atoms with E-state index in [9.17, 15) is 0 Å². The van der Waals surface area contributed by atoms with E-state index < -0.39 is 0 Å². The largest absolute Gasteiger partial charge is 0.329 e. The van der Waals surface area contributed by atoms with E-state index in [0.29, 0.717) is 0 Å². The maximum atomic E-state index is 6.19. The fourth-order valence-electron chi connectivity index (χ4n) is 3.35. The third-order valence-electron chi connectivity index (χ3n) is 4.98. The Hall–Kier alpha value is -0.380.